The zero-order chi connectivity index (χ0) is 11.4. The van der Waals surface area contributed by atoms with E-state index in [1.807, 2.05) is 0 Å². The molecular formula is C13H16N2O. The minimum absolute atomic E-state index is 0.681. The summed E-state index contributed by atoms with van der Waals surface area (Å²) in [4.78, 5) is 0. The summed E-state index contributed by atoms with van der Waals surface area (Å²) in [6.45, 7) is 2.76. The minimum atomic E-state index is 0.681. The highest BCUT2D eigenvalue weighted by atomic mass is 16.5. The molecule has 0 saturated heterocycles. The highest BCUT2D eigenvalue weighted by Crippen LogP contribution is 2.24. The third kappa shape index (κ3) is 2.31. The molecule has 0 amide bonds. The van der Waals surface area contributed by atoms with Gasteiger partial charge >= 0.3 is 0 Å². The first kappa shape index (κ1) is 10.9. The molecule has 2 N–H and O–H groups in total. The van der Waals surface area contributed by atoms with E-state index >= 15 is 0 Å². The molecule has 0 saturated carbocycles. The van der Waals surface area contributed by atoms with Gasteiger partial charge in [0, 0.05) is 5.56 Å². The topological polar surface area (TPSA) is 52.0 Å². The first-order valence-electron chi connectivity index (χ1n) is 5.51. The number of nitrogens with zero attached hydrogens (tertiary/aromatic N) is 1. The molecular weight excluding hydrogens is 200 g/mol. The average molecular weight is 216 g/mol. The molecule has 0 atom stereocenters. The van der Waals surface area contributed by atoms with Crippen LogP contribution in [-0.2, 0) is 6.42 Å². The zero-order valence-electron chi connectivity index (χ0n) is 9.44. The molecule has 2 rings (SSSR count). The van der Waals surface area contributed by atoms with Gasteiger partial charge in [-0.05, 0) is 31.9 Å². The monoisotopic (exact) mass is 216 g/mol. The Labute approximate surface area is 95.3 Å². The van der Waals surface area contributed by atoms with Gasteiger partial charge in [0.2, 0.25) is 0 Å². The maximum atomic E-state index is 5.50. The second-order valence-electron chi connectivity index (χ2n) is 3.93. The van der Waals surface area contributed by atoms with Crippen LogP contribution in [0.4, 0.5) is 0 Å². The van der Waals surface area contributed by atoms with Crippen molar-refractivity contribution in [2.75, 3.05) is 6.54 Å². The van der Waals surface area contributed by atoms with Crippen molar-refractivity contribution in [3.05, 3.63) is 41.8 Å². The Morgan fingerprint density at radius 3 is 2.69 bits per heavy atom. The molecule has 0 radical (unpaired) electrons. The lowest BCUT2D eigenvalue weighted by atomic mass is 10.0. The van der Waals surface area contributed by atoms with Crippen molar-refractivity contribution in [3.8, 4) is 11.1 Å². The summed E-state index contributed by atoms with van der Waals surface area (Å²) in [5.74, 6) is 0. The van der Waals surface area contributed by atoms with E-state index in [1.165, 1.54) is 5.56 Å². The summed E-state index contributed by atoms with van der Waals surface area (Å²) < 4.78 is 5.04. The maximum absolute atomic E-state index is 5.50. The Morgan fingerprint density at radius 1 is 1.25 bits per heavy atom. The van der Waals surface area contributed by atoms with Crippen LogP contribution >= 0.6 is 0 Å². The second kappa shape index (κ2) is 4.94. The molecule has 0 fully saturated rings. The lowest BCUT2D eigenvalue weighted by Gasteiger charge is -2.01. The largest absolute Gasteiger partial charge is 0.364 e. The number of aryl methyl sites for hydroxylation is 2. The Hall–Kier alpha value is -1.61. The van der Waals surface area contributed by atoms with E-state index in [4.69, 9.17) is 10.3 Å². The van der Waals surface area contributed by atoms with Gasteiger partial charge < -0.3 is 10.3 Å². The highest BCUT2D eigenvalue weighted by Gasteiger charge is 2.08. The Kier molecular flexibility index (Phi) is 3.37. The molecule has 0 unspecified atom stereocenters. The second-order valence-corrected chi connectivity index (χ2v) is 3.93. The standard InChI is InChI=1S/C13H16N2O/c1-10-4-6-11(7-5-10)12-9-16-15-13(12)3-2-8-14/h4-7,9H,2-3,8,14H2,1H3. The molecule has 3 heteroatoms. The first-order valence-corrected chi connectivity index (χ1v) is 5.51. The molecule has 1 aromatic carbocycles. The molecule has 3 nitrogen and oxygen atoms in total. The van der Waals surface area contributed by atoms with Crippen molar-refractivity contribution in [1.29, 1.82) is 0 Å². The van der Waals surface area contributed by atoms with Crippen molar-refractivity contribution in [2.24, 2.45) is 5.73 Å². The van der Waals surface area contributed by atoms with Crippen molar-refractivity contribution in [1.82, 2.24) is 5.16 Å². The van der Waals surface area contributed by atoms with Crippen LogP contribution < -0.4 is 5.73 Å². The van der Waals surface area contributed by atoms with Gasteiger partial charge in [-0.25, -0.2) is 0 Å². The van der Waals surface area contributed by atoms with Crippen molar-refractivity contribution in [3.63, 3.8) is 0 Å². The molecule has 0 aliphatic carbocycles. The van der Waals surface area contributed by atoms with Crippen LogP contribution in [0.3, 0.4) is 0 Å². The third-order valence-electron chi connectivity index (χ3n) is 2.62. The van der Waals surface area contributed by atoms with Crippen LogP contribution in [0, 0.1) is 6.92 Å². The molecule has 16 heavy (non-hydrogen) atoms. The number of hydrogen-bond donors (Lipinski definition) is 1. The van der Waals surface area contributed by atoms with E-state index in [9.17, 15) is 0 Å². The average Bonchev–Trinajstić information content (AvgIpc) is 2.75. The number of aromatic nitrogens is 1. The summed E-state index contributed by atoms with van der Waals surface area (Å²) in [6, 6.07) is 8.37. The van der Waals surface area contributed by atoms with Crippen molar-refractivity contribution < 1.29 is 4.52 Å². The smallest absolute Gasteiger partial charge is 0.131 e. The Balaban J connectivity index is 2.26. The summed E-state index contributed by atoms with van der Waals surface area (Å²) in [7, 11) is 0. The van der Waals surface area contributed by atoms with Gasteiger partial charge in [-0.15, -0.1) is 0 Å². The van der Waals surface area contributed by atoms with Crippen LogP contribution in [0.25, 0.3) is 11.1 Å². The number of hydrogen-bond acceptors (Lipinski definition) is 3. The van der Waals surface area contributed by atoms with Gasteiger partial charge in [0.15, 0.2) is 0 Å². The summed E-state index contributed by atoms with van der Waals surface area (Å²) >= 11 is 0. The van der Waals surface area contributed by atoms with E-state index < -0.39 is 0 Å². The van der Waals surface area contributed by atoms with Gasteiger partial charge in [0.1, 0.15) is 6.26 Å². The number of rotatable bonds is 4. The lowest BCUT2D eigenvalue weighted by molar-refractivity contribution is 0.411. The van der Waals surface area contributed by atoms with Crippen molar-refractivity contribution >= 4 is 0 Å². The van der Waals surface area contributed by atoms with Gasteiger partial charge in [-0.1, -0.05) is 35.0 Å². The molecule has 1 aromatic heterocycles. The van der Waals surface area contributed by atoms with Crippen LogP contribution in [0.1, 0.15) is 17.7 Å². The number of nitrogens with two attached hydrogens (primary N) is 1. The molecule has 0 aliphatic heterocycles. The van der Waals surface area contributed by atoms with Gasteiger partial charge in [-0.3, -0.25) is 0 Å². The molecule has 84 valence electrons. The molecule has 0 aliphatic rings. The molecule has 0 bridgehead atoms. The van der Waals surface area contributed by atoms with Gasteiger partial charge in [-0.2, -0.15) is 0 Å². The normalized spacial score (nSPS) is 10.6. The molecule has 1 heterocycles. The Bertz CT molecular complexity index is 445. The van der Waals surface area contributed by atoms with E-state index in [1.54, 1.807) is 6.26 Å². The van der Waals surface area contributed by atoms with Crippen molar-refractivity contribution in [2.45, 2.75) is 19.8 Å². The van der Waals surface area contributed by atoms with E-state index in [0.29, 0.717) is 6.54 Å². The fourth-order valence-corrected chi connectivity index (χ4v) is 1.68. The fourth-order valence-electron chi connectivity index (χ4n) is 1.68. The number of benzene rings is 1. The predicted molar refractivity (Wildman–Crippen MR) is 64.1 cm³/mol. The molecule has 0 spiro atoms. The SMILES string of the molecule is Cc1ccc(-c2conc2CCCN)cc1. The summed E-state index contributed by atoms with van der Waals surface area (Å²) in [5.41, 5.74) is 9.97. The third-order valence-corrected chi connectivity index (χ3v) is 2.62. The van der Waals surface area contributed by atoms with E-state index in [-0.39, 0.29) is 0 Å². The zero-order valence-corrected chi connectivity index (χ0v) is 9.44. The minimum Gasteiger partial charge on any atom is -0.364 e. The first-order chi connectivity index (χ1) is 7.81. The predicted octanol–water partition coefficient (Wildman–Crippen LogP) is 2.54. The van der Waals surface area contributed by atoms with Gasteiger partial charge in [0.25, 0.3) is 0 Å². The molecule has 2 aromatic rings. The van der Waals surface area contributed by atoms with Crippen LogP contribution in [0.15, 0.2) is 35.1 Å². The fraction of sp³-hybridized carbons (Fsp3) is 0.308. The highest BCUT2D eigenvalue weighted by molar-refractivity contribution is 5.64. The summed E-state index contributed by atoms with van der Waals surface area (Å²) in [6.07, 6.45) is 3.51. The quantitative estimate of drug-likeness (QED) is 0.854. The lowest BCUT2D eigenvalue weighted by Crippen LogP contribution is -2.01. The van der Waals surface area contributed by atoms with Gasteiger partial charge in [0.05, 0.1) is 5.69 Å². The van der Waals surface area contributed by atoms with E-state index in [0.717, 1.165) is 29.7 Å². The summed E-state index contributed by atoms with van der Waals surface area (Å²) in [5, 5.41) is 4.02. The van der Waals surface area contributed by atoms with Crippen LogP contribution in [0.2, 0.25) is 0 Å². The Morgan fingerprint density at radius 2 is 2.00 bits per heavy atom. The van der Waals surface area contributed by atoms with E-state index in [2.05, 4.69) is 36.3 Å². The maximum Gasteiger partial charge on any atom is 0.131 e. The van der Waals surface area contributed by atoms with Crippen LogP contribution in [-0.4, -0.2) is 11.7 Å². The van der Waals surface area contributed by atoms with Crippen LogP contribution in [0.5, 0.6) is 0 Å².